The first kappa shape index (κ1) is 8.90. The molecule has 0 aromatic carbocycles. The lowest BCUT2D eigenvalue weighted by Crippen LogP contribution is -2.05. The first-order valence-corrected chi connectivity index (χ1v) is 4.46. The van der Waals surface area contributed by atoms with Gasteiger partial charge in [0, 0.05) is 25.1 Å². The van der Waals surface area contributed by atoms with Crippen molar-refractivity contribution in [3.8, 4) is 5.69 Å². The summed E-state index contributed by atoms with van der Waals surface area (Å²) in [6.07, 6.45) is 7.23. The number of hydrogen-bond donors (Lipinski definition) is 1. The van der Waals surface area contributed by atoms with Gasteiger partial charge in [0.2, 0.25) is 0 Å². The molecule has 2 aromatic rings. The molecule has 0 spiro atoms. The van der Waals surface area contributed by atoms with Crippen LogP contribution in [0.3, 0.4) is 0 Å². The number of imidazole rings is 1. The van der Waals surface area contributed by atoms with Crippen LogP contribution in [0.1, 0.15) is 11.4 Å². The van der Waals surface area contributed by atoms with Gasteiger partial charge in [-0.2, -0.15) is 0 Å². The molecule has 0 aliphatic heterocycles. The molecule has 0 aliphatic rings. The highest BCUT2D eigenvalue weighted by Gasteiger charge is 2.04. The average Bonchev–Trinajstić information content (AvgIpc) is 2.64. The van der Waals surface area contributed by atoms with E-state index in [1.165, 1.54) is 0 Å². The molecule has 0 atom stereocenters. The van der Waals surface area contributed by atoms with E-state index in [9.17, 15) is 0 Å². The summed E-state index contributed by atoms with van der Waals surface area (Å²) in [4.78, 5) is 8.25. The van der Waals surface area contributed by atoms with Crippen LogP contribution in [0.15, 0.2) is 30.9 Å². The maximum Gasteiger partial charge on any atom is 0.110 e. The SMILES string of the molecule is Cc1nccn1-c1cnccc1CN. The lowest BCUT2D eigenvalue weighted by molar-refractivity contribution is 0.925. The Kier molecular flexibility index (Phi) is 2.28. The van der Waals surface area contributed by atoms with Gasteiger partial charge in [-0.1, -0.05) is 0 Å². The fraction of sp³-hybridized carbons (Fsp3) is 0.200. The van der Waals surface area contributed by atoms with Gasteiger partial charge in [-0.05, 0) is 18.6 Å². The molecule has 4 nitrogen and oxygen atoms in total. The Hall–Kier alpha value is -1.68. The Morgan fingerprint density at radius 1 is 1.43 bits per heavy atom. The summed E-state index contributed by atoms with van der Waals surface area (Å²) in [5.41, 5.74) is 7.72. The number of pyridine rings is 1. The second-order valence-electron chi connectivity index (χ2n) is 3.05. The van der Waals surface area contributed by atoms with Gasteiger partial charge >= 0.3 is 0 Å². The second-order valence-corrected chi connectivity index (χ2v) is 3.05. The van der Waals surface area contributed by atoms with E-state index in [0.29, 0.717) is 6.54 Å². The smallest absolute Gasteiger partial charge is 0.110 e. The number of nitrogens with two attached hydrogens (primary N) is 1. The molecule has 2 aromatic heterocycles. The van der Waals surface area contributed by atoms with Crippen LogP contribution in [-0.4, -0.2) is 14.5 Å². The van der Waals surface area contributed by atoms with E-state index in [0.717, 1.165) is 17.1 Å². The normalized spacial score (nSPS) is 10.4. The number of rotatable bonds is 2. The summed E-state index contributed by atoms with van der Waals surface area (Å²) in [6, 6.07) is 1.93. The number of nitrogens with zero attached hydrogens (tertiary/aromatic N) is 3. The first-order chi connectivity index (χ1) is 6.83. The highest BCUT2D eigenvalue weighted by Crippen LogP contribution is 2.13. The summed E-state index contributed by atoms with van der Waals surface area (Å²) in [5, 5.41) is 0. The van der Waals surface area contributed by atoms with Crippen LogP contribution in [0.5, 0.6) is 0 Å². The molecular formula is C10H12N4. The summed E-state index contributed by atoms with van der Waals surface area (Å²) in [6.45, 7) is 2.46. The minimum Gasteiger partial charge on any atom is -0.326 e. The zero-order chi connectivity index (χ0) is 9.97. The Balaban J connectivity index is 2.56. The van der Waals surface area contributed by atoms with Crippen molar-refractivity contribution >= 4 is 0 Å². The Morgan fingerprint density at radius 3 is 2.93 bits per heavy atom. The van der Waals surface area contributed by atoms with Crippen LogP contribution in [0, 0.1) is 6.92 Å². The van der Waals surface area contributed by atoms with Gasteiger partial charge in [0.15, 0.2) is 0 Å². The van der Waals surface area contributed by atoms with E-state index in [2.05, 4.69) is 9.97 Å². The Bertz CT molecular complexity index is 433. The van der Waals surface area contributed by atoms with Crippen molar-refractivity contribution in [1.82, 2.24) is 14.5 Å². The van der Waals surface area contributed by atoms with Crippen molar-refractivity contribution in [3.05, 3.63) is 42.2 Å². The van der Waals surface area contributed by atoms with Gasteiger partial charge in [0.1, 0.15) is 5.82 Å². The van der Waals surface area contributed by atoms with E-state index in [4.69, 9.17) is 5.73 Å². The third-order valence-electron chi connectivity index (χ3n) is 2.19. The van der Waals surface area contributed by atoms with Crippen LogP contribution >= 0.6 is 0 Å². The zero-order valence-corrected chi connectivity index (χ0v) is 8.01. The summed E-state index contributed by atoms with van der Waals surface area (Å²) < 4.78 is 1.98. The third-order valence-corrected chi connectivity index (χ3v) is 2.19. The minimum absolute atomic E-state index is 0.509. The summed E-state index contributed by atoms with van der Waals surface area (Å²) in [7, 11) is 0. The van der Waals surface area contributed by atoms with Crippen LogP contribution in [0.25, 0.3) is 5.69 Å². The highest BCUT2D eigenvalue weighted by molar-refractivity contribution is 5.39. The fourth-order valence-corrected chi connectivity index (χ4v) is 1.44. The molecule has 0 unspecified atom stereocenters. The quantitative estimate of drug-likeness (QED) is 0.766. The van der Waals surface area contributed by atoms with Gasteiger partial charge in [0.25, 0.3) is 0 Å². The van der Waals surface area contributed by atoms with Gasteiger partial charge in [-0.25, -0.2) is 4.98 Å². The van der Waals surface area contributed by atoms with Crippen molar-refractivity contribution in [1.29, 1.82) is 0 Å². The molecule has 0 saturated heterocycles. The molecule has 0 bridgehead atoms. The first-order valence-electron chi connectivity index (χ1n) is 4.46. The molecule has 72 valence electrons. The summed E-state index contributed by atoms with van der Waals surface area (Å²) >= 11 is 0. The topological polar surface area (TPSA) is 56.7 Å². The largest absolute Gasteiger partial charge is 0.326 e. The van der Waals surface area contributed by atoms with Gasteiger partial charge in [-0.3, -0.25) is 4.98 Å². The van der Waals surface area contributed by atoms with Gasteiger partial charge < -0.3 is 10.3 Å². The number of aryl methyl sites for hydroxylation is 1. The predicted molar refractivity (Wildman–Crippen MR) is 54.0 cm³/mol. The maximum absolute atomic E-state index is 5.65. The predicted octanol–water partition coefficient (Wildman–Crippen LogP) is 1.03. The van der Waals surface area contributed by atoms with E-state index >= 15 is 0 Å². The lowest BCUT2D eigenvalue weighted by Gasteiger charge is -2.08. The second kappa shape index (κ2) is 3.59. The Labute approximate surface area is 82.4 Å². The molecule has 2 rings (SSSR count). The van der Waals surface area contributed by atoms with Crippen molar-refractivity contribution in [2.75, 3.05) is 0 Å². The van der Waals surface area contributed by atoms with Gasteiger partial charge in [-0.15, -0.1) is 0 Å². The molecule has 4 heteroatoms. The molecule has 0 fully saturated rings. The molecule has 2 heterocycles. The molecule has 0 saturated carbocycles. The van der Waals surface area contributed by atoms with Crippen LogP contribution < -0.4 is 5.73 Å². The van der Waals surface area contributed by atoms with Crippen molar-refractivity contribution in [2.24, 2.45) is 5.73 Å². The number of aromatic nitrogens is 3. The van der Waals surface area contributed by atoms with Crippen molar-refractivity contribution in [2.45, 2.75) is 13.5 Å². The number of hydrogen-bond acceptors (Lipinski definition) is 3. The molecular weight excluding hydrogens is 176 g/mol. The van der Waals surface area contributed by atoms with E-state index in [-0.39, 0.29) is 0 Å². The fourth-order valence-electron chi connectivity index (χ4n) is 1.44. The minimum atomic E-state index is 0.509. The third kappa shape index (κ3) is 1.40. The lowest BCUT2D eigenvalue weighted by atomic mass is 10.2. The van der Waals surface area contributed by atoms with E-state index < -0.39 is 0 Å². The van der Waals surface area contributed by atoms with Gasteiger partial charge in [0.05, 0.1) is 11.9 Å². The van der Waals surface area contributed by atoms with Crippen molar-refractivity contribution < 1.29 is 0 Å². The molecule has 0 amide bonds. The monoisotopic (exact) mass is 188 g/mol. The van der Waals surface area contributed by atoms with Crippen LogP contribution in [-0.2, 0) is 6.54 Å². The standard InChI is InChI=1S/C10H12N4/c1-8-13-4-5-14(8)10-7-12-3-2-9(10)6-11/h2-5,7H,6,11H2,1H3. The van der Waals surface area contributed by atoms with E-state index in [1.807, 2.05) is 23.8 Å². The summed E-state index contributed by atoms with van der Waals surface area (Å²) in [5.74, 6) is 0.938. The molecule has 0 aliphatic carbocycles. The molecule has 0 radical (unpaired) electrons. The highest BCUT2D eigenvalue weighted by atomic mass is 15.1. The van der Waals surface area contributed by atoms with Crippen LogP contribution in [0.2, 0.25) is 0 Å². The Morgan fingerprint density at radius 2 is 2.29 bits per heavy atom. The molecule has 2 N–H and O–H groups in total. The maximum atomic E-state index is 5.65. The van der Waals surface area contributed by atoms with Crippen molar-refractivity contribution in [3.63, 3.8) is 0 Å². The zero-order valence-electron chi connectivity index (χ0n) is 8.01. The molecule has 14 heavy (non-hydrogen) atoms. The van der Waals surface area contributed by atoms with Crippen LogP contribution in [0.4, 0.5) is 0 Å². The van der Waals surface area contributed by atoms with E-state index in [1.54, 1.807) is 18.6 Å². The average molecular weight is 188 g/mol.